The highest BCUT2D eigenvalue weighted by Crippen LogP contribution is 2.26. The van der Waals surface area contributed by atoms with Crippen LogP contribution in [-0.2, 0) is 14.2 Å². The van der Waals surface area contributed by atoms with E-state index in [9.17, 15) is 19.3 Å². The number of amides is 1. The number of likely N-dealkylation sites (N-methyl/N-ethyl adjacent to an activating group) is 1. The van der Waals surface area contributed by atoms with Crippen molar-refractivity contribution in [3.8, 4) is 0 Å². The van der Waals surface area contributed by atoms with Crippen LogP contribution in [0.1, 0.15) is 0 Å². The van der Waals surface area contributed by atoms with Gasteiger partial charge in [0.05, 0.1) is 27.1 Å². The van der Waals surface area contributed by atoms with Crippen LogP contribution in [0.4, 0.5) is 0 Å². The average molecular weight is 242 g/mol. The van der Waals surface area contributed by atoms with E-state index in [1.165, 1.54) is 5.09 Å². The number of carboxylic acids is 1. The van der Waals surface area contributed by atoms with Gasteiger partial charge in [-0.1, -0.05) is 0 Å². The molecule has 15 heavy (non-hydrogen) atoms. The number of nitrogens with one attached hydrogen (secondary N) is 1. The molecule has 0 atom stereocenters. The molecule has 0 radical (unpaired) electrons. The third kappa shape index (κ3) is 24.6. The van der Waals surface area contributed by atoms with Gasteiger partial charge in [-0.2, -0.15) is 0 Å². The fourth-order valence-corrected chi connectivity index (χ4v) is 0.593. The van der Waals surface area contributed by atoms with Crippen molar-refractivity contribution >= 4 is 20.1 Å². The van der Waals surface area contributed by atoms with Gasteiger partial charge in [-0.05, 0) is 0 Å². The highest BCUT2D eigenvalue weighted by atomic mass is 31.2. The van der Waals surface area contributed by atoms with E-state index >= 15 is 0 Å². The van der Waals surface area contributed by atoms with Gasteiger partial charge in [0.1, 0.15) is 6.54 Å². The molecule has 8 nitrogen and oxygen atoms in total. The van der Waals surface area contributed by atoms with Crippen molar-refractivity contribution in [1.82, 2.24) is 5.09 Å². The Kier molecular flexibility index (Phi) is 7.16. The molecule has 0 saturated carbocycles. The van der Waals surface area contributed by atoms with Crippen LogP contribution in [0, 0.1) is 0 Å². The van der Waals surface area contributed by atoms with E-state index < -0.39 is 13.7 Å². The maximum Gasteiger partial charge on any atom is 0.429 e. The number of hydrogen-bond donors (Lipinski definition) is 3. The summed E-state index contributed by atoms with van der Waals surface area (Å²) in [6.07, 6.45) is -0.0548. The minimum absolute atomic E-state index is 0.0548. The molecule has 0 aliphatic heterocycles. The van der Waals surface area contributed by atoms with Crippen molar-refractivity contribution in [3.63, 3.8) is 0 Å². The normalized spacial score (nSPS) is 11.0. The third-order valence-corrected chi connectivity index (χ3v) is 1.27. The van der Waals surface area contributed by atoms with E-state index in [0.717, 1.165) is 0 Å². The monoisotopic (exact) mass is 242 g/mol. The van der Waals surface area contributed by atoms with Gasteiger partial charge in [0, 0.05) is 0 Å². The lowest BCUT2D eigenvalue weighted by Crippen LogP contribution is -2.45. The minimum Gasteiger partial charge on any atom is -0.544 e. The Hall–Kier alpha value is -0.950. The van der Waals surface area contributed by atoms with Gasteiger partial charge in [-0.3, -0.25) is 9.88 Å². The van der Waals surface area contributed by atoms with Crippen LogP contribution in [-0.4, -0.2) is 54.3 Å². The summed E-state index contributed by atoms with van der Waals surface area (Å²) in [4.78, 5) is 34.7. The highest BCUT2D eigenvalue weighted by Gasteiger charge is 2.07. The number of carbonyl (C=O) groups excluding carboxylic acids is 2. The van der Waals surface area contributed by atoms with Gasteiger partial charge in [0.2, 0.25) is 6.41 Å². The van der Waals surface area contributed by atoms with Crippen LogP contribution < -0.4 is 10.2 Å². The standard InChI is InChI=1S/C5H11NO2.CH4NO4P/c1-6(2,3)4-5(7)8;3-1-2-7(4,5)6/h4H2,1-3H3;1H,(H3,2,3,4,5,6). The van der Waals surface area contributed by atoms with Crippen LogP contribution in [0.25, 0.3) is 0 Å². The molecule has 0 fully saturated rings. The second-order valence-electron chi connectivity index (χ2n) is 3.61. The lowest BCUT2D eigenvalue weighted by molar-refractivity contribution is -0.864. The van der Waals surface area contributed by atoms with Gasteiger partial charge in [0.15, 0.2) is 0 Å². The van der Waals surface area contributed by atoms with E-state index in [2.05, 4.69) is 0 Å². The largest absolute Gasteiger partial charge is 0.544 e. The molecule has 0 spiro atoms. The molecule has 0 bridgehead atoms. The first-order chi connectivity index (χ1) is 6.48. The Morgan fingerprint density at radius 3 is 1.87 bits per heavy atom. The van der Waals surface area contributed by atoms with E-state index in [4.69, 9.17) is 9.79 Å². The summed E-state index contributed by atoms with van der Waals surface area (Å²) in [7, 11) is 1.12. The first-order valence-electron chi connectivity index (χ1n) is 3.75. The van der Waals surface area contributed by atoms with Crippen LogP contribution in [0.15, 0.2) is 0 Å². The quantitative estimate of drug-likeness (QED) is 0.279. The van der Waals surface area contributed by atoms with Crippen LogP contribution in [0.2, 0.25) is 0 Å². The first-order valence-corrected chi connectivity index (χ1v) is 5.36. The topological polar surface area (TPSA) is 127 Å². The molecule has 0 aromatic rings. The Balaban J connectivity index is 0. The number of rotatable bonds is 4. The first kappa shape index (κ1) is 16.5. The van der Waals surface area contributed by atoms with Crippen molar-refractivity contribution in [2.75, 3.05) is 27.7 Å². The summed E-state index contributed by atoms with van der Waals surface area (Å²) < 4.78 is 10.0. The summed E-state index contributed by atoms with van der Waals surface area (Å²) in [5.74, 6) is -1.00. The number of aliphatic carboxylic acids is 1. The number of nitrogens with zero attached hydrogens (tertiary/aromatic N) is 1. The number of quaternary nitrogens is 1. The number of hydrogen-bond acceptors (Lipinski definition) is 4. The molecule has 0 rings (SSSR count). The Morgan fingerprint density at radius 2 is 1.87 bits per heavy atom. The summed E-state index contributed by atoms with van der Waals surface area (Å²) in [6, 6.07) is 0. The summed E-state index contributed by atoms with van der Waals surface area (Å²) >= 11 is 0. The Morgan fingerprint density at radius 1 is 1.47 bits per heavy atom. The lowest BCUT2D eigenvalue weighted by Gasteiger charge is -2.23. The molecule has 0 aromatic carbocycles. The summed E-state index contributed by atoms with van der Waals surface area (Å²) in [5, 5.41) is 11.2. The van der Waals surface area contributed by atoms with E-state index in [0.29, 0.717) is 4.48 Å². The molecular formula is C6H15N2O6P. The Bertz CT molecular complexity index is 255. The van der Waals surface area contributed by atoms with Crippen LogP contribution in [0.3, 0.4) is 0 Å². The second-order valence-corrected chi connectivity index (χ2v) is 4.96. The van der Waals surface area contributed by atoms with Crippen molar-refractivity contribution in [2.45, 2.75) is 0 Å². The van der Waals surface area contributed by atoms with Crippen molar-refractivity contribution in [1.29, 1.82) is 0 Å². The predicted molar refractivity (Wildman–Crippen MR) is 49.2 cm³/mol. The molecule has 9 heteroatoms. The maximum absolute atomic E-state index is 9.89. The van der Waals surface area contributed by atoms with Gasteiger partial charge >= 0.3 is 7.75 Å². The zero-order valence-electron chi connectivity index (χ0n) is 8.71. The second kappa shape index (κ2) is 6.52. The zero-order chi connectivity index (χ0) is 12.7. The molecule has 0 aliphatic rings. The molecule has 1 amide bonds. The van der Waals surface area contributed by atoms with Crippen LogP contribution in [0.5, 0.6) is 0 Å². The zero-order valence-corrected chi connectivity index (χ0v) is 9.60. The molecule has 0 aromatic heterocycles. The summed E-state index contributed by atoms with van der Waals surface area (Å²) in [5.41, 5.74) is 0. The predicted octanol–water partition coefficient (Wildman–Crippen LogP) is -2.73. The highest BCUT2D eigenvalue weighted by molar-refractivity contribution is 7.50. The van der Waals surface area contributed by atoms with E-state index in [1.807, 2.05) is 0 Å². The van der Waals surface area contributed by atoms with E-state index in [-0.39, 0.29) is 13.0 Å². The SMILES string of the molecule is C[N+](C)(C)CC(=O)[O-].O=CNP(=O)(O)O. The smallest absolute Gasteiger partial charge is 0.429 e. The molecule has 90 valence electrons. The number of carboxylic acid groups (broad SMARTS) is 1. The molecular weight excluding hydrogens is 227 g/mol. The van der Waals surface area contributed by atoms with Gasteiger partial charge in [-0.25, -0.2) is 4.57 Å². The van der Waals surface area contributed by atoms with Crippen molar-refractivity contribution in [2.24, 2.45) is 0 Å². The molecule has 0 aliphatic carbocycles. The average Bonchev–Trinajstić information content (AvgIpc) is 1.77. The fraction of sp³-hybridized carbons (Fsp3) is 0.667. The van der Waals surface area contributed by atoms with Gasteiger partial charge in [0.25, 0.3) is 0 Å². The Labute approximate surface area is 87.3 Å². The van der Waals surface area contributed by atoms with E-state index in [1.54, 1.807) is 21.1 Å². The lowest BCUT2D eigenvalue weighted by atomic mass is 10.5. The molecule has 3 N–H and O–H groups in total. The maximum atomic E-state index is 9.89. The van der Waals surface area contributed by atoms with Crippen LogP contribution >= 0.6 is 7.75 Å². The number of carbonyl (C=O) groups is 2. The van der Waals surface area contributed by atoms with Gasteiger partial charge < -0.3 is 24.2 Å². The third-order valence-electron chi connectivity index (χ3n) is 0.824. The summed E-state index contributed by atoms with van der Waals surface area (Å²) in [6.45, 7) is 0.0694. The van der Waals surface area contributed by atoms with Crippen molar-refractivity contribution in [3.05, 3.63) is 0 Å². The molecule has 0 saturated heterocycles. The molecule has 0 unspecified atom stereocenters. The van der Waals surface area contributed by atoms with Gasteiger partial charge in [-0.15, -0.1) is 0 Å². The minimum atomic E-state index is -4.28. The molecule has 0 heterocycles. The van der Waals surface area contributed by atoms with Crippen molar-refractivity contribution < 1.29 is 33.5 Å². The fourth-order valence-electron chi connectivity index (χ4n) is 0.456.